The van der Waals surface area contributed by atoms with E-state index in [1.807, 2.05) is 43.3 Å². The highest BCUT2D eigenvalue weighted by atomic mass is 16.5. The summed E-state index contributed by atoms with van der Waals surface area (Å²) in [6.07, 6.45) is 1.89. The van der Waals surface area contributed by atoms with Crippen molar-refractivity contribution in [1.82, 2.24) is 5.32 Å². The molecular formula is C21H27NO4. The van der Waals surface area contributed by atoms with Gasteiger partial charge in [0.1, 0.15) is 5.75 Å². The number of amides is 1. The van der Waals surface area contributed by atoms with E-state index in [9.17, 15) is 9.59 Å². The zero-order chi connectivity index (χ0) is 19.1. The van der Waals surface area contributed by atoms with Crippen LogP contribution in [0.2, 0.25) is 0 Å². The summed E-state index contributed by atoms with van der Waals surface area (Å²) >= 11 is 0. The molecule has 26 heavy (non-hydrogen) atoms. The fourth-order valence-electron chi connectivity index (χ4n) is 2.86. The van der Waals surface area contributed by atoms with Crippen LogP contribution in [0.4, 0.5) is 0 Å². The van der Waals surface area contributed by atoms with Crippen molar-refractivity contribution in [1.29, 1.82) is 0 Å². The van der Waals surface area contributed by atoms with Crippen molar-refractivity contribution in [3.05, 3.63) is 42.0 Å². The van der Waals surface area contributed by atoms with Gasteiger partial charge in [0.05, 0.1) is 13.0 Å². The predicted octanol–water partition coefficient (Wildman–Crippen LogP) is 3.80. The molecule has 0 aliphatic carbocycles. The molecule has 0 saturated heterocycles. The summed E-state index contributed by atoms with van der Waals surface area (Å²) in [6.45, 7) is 5.53. The third kappa shape index (κ3) is 5.22. The minimum Gasteiger partial charge on any atom is -0.497 e. The van der Waals surface area contributed by atoms with Crippen LogP contribution in [0.5, 0.6) is 5.75 Å². The number of esters is 1. The Bertz CT molecular complexity index is 772. The van der Waals surface area contributed by atoms with E-state index in [4.69, 9.17) is 9.47 Å². The second-order valence-electron chi connectivity index (χ2n) is 6.56. The number of hydrogen-bond donors (Lipinski definition) is 1. The topological polar surface area (TPSA) is 64.6 Å². The van der Waals surface area contributed by atoms with Crippen molar-refractivity contribution < 1.29 is 19.1 Å². The van der Waals surface area contributed by atoms with Gasteiger partial charge >= 0.3 is 5.97 Å². The Balaban J connectivity index is 1.97. The smallest absolute Gasteiger partial charge is 0.313 e. The van der Waals surface area contributed by atoms with Gasteiger partial charge in [-0.25, -0.2) is 0 Å². The lowest BCUT2D eigenvalue weighted by Crippen LogP contribution is -2.36. The molecule has 1 N–H and O–H groups in total. The highest BCUT2D eigenvalue weighted by Gasteiger charge is 2.19. The van der Waals surface area contributed by atoms with Gasteiger partial charge in [-0.3, -0.25) is 9.59 Å². The van der Waals surface area contributed by atoms with Gasteiger partial charge in [-0.2, -0.15) is 0 Å². The first-order valence-corrected chi connectivity index (χ1v) is 8.98. The number of carbonyl (C=O) groups excluding carboxylic acids is 2. The number of ether oxygens (including phenoxy) is 2. The largest absolute Gasteiger partial charge is 0.497 e. The lowest BCUT2D eigenvalue weighted by atomic mass is 9.98. The molecule has 0 aliphatic heterocycles. The average Bonchev–Trinajstić information content (AvgIpc) is 2.64. The van der Waals surface area contributed by atoms with Gasteiger partial charge in [0, 0.05) is 6.04 Å². The quantitative estimate of drug-likeness (QED) is 0.730. The van der Waals surface area contributed by atoms with E-state index in [0.29, 0.717) is 0 Å². The van der Waals surface area contributed by atoms with Crippen LogP contribution in [0, 0.1) is 0 Å². The molecule has 0 radical (unpaired) electrons. The lowest BCUT2D eigenvalue weighted by molar-refractivity contribution is -0.149. The third-order valence-corrected chi connectivity index (χ3v) is 4.40. The van der Waals surface area contributed by atoms with Gasteiger partial charge < -0.3 is 14.8 Å². The van der Waals surface area contributed by atoms with Crippen LogP contribution in [0.25, 0.3) is 10.8 Å². The standard InChI is InChI=1S/C21H27NO4/c1-5-6-14(2)22-20(23)13-26-21(24)15(3)16-7-8-18-12-19(25-4)10-9-17(18)11-16/h7-12,14-15H,5-6,13H2,1-4H3,(H,22,23)/t14-,15+/m1/s1. The molecule has 5 heteroatoms. The van der Waals surface area contributed by atoms with Crippen LogP contribution < -0.4 is 10.1 Å². The van der Waals surface area contributed by atoms with E-state index in [2.05, 4.69) is 12.2 Å². The molecule has 5 nitrogen and oxygen atoms in total. The molecule has 2 aromatic carbocycles. The monoisotopic (exact) mass is 357 g/mol. The number of benzene rings is 2. The van der Waals surface area contributed by atoms with Gasteiger partial charge in [-0.1, -0.05) is 37.6 Å². The summed E-state index contributed by atoms with van der Waals surface area (Å²) in [5.41, 5.74) is 0.854. The zero-order valence-corrected chi connectivity index (χ0v) is 15.9. The molecule has 0 bridgehead atoms. The Labute approximate surface area is 154 Å². The molecule has 140 valence electrons. The van der Waals surface area contributed by atoms with E-state index in [1.54, 1.807) is 14.0 Å². The second-order valence-corrected chi connectivity index (χ2v) is 6.56. The lowest BCUT2D eigenvalue weighted by Gasteiger charge is -2.15. The minimum atomic E-state index is -0.442. The van der Waals surface area contributed by atoms with E-state index < -0.39 is 11.9 Å². The number of fused-ring (bicyclic) bond motifs is 1. The van der Waals surface area contributed by atoms with Crippen molar-refractivity contribution in [2.75, 3.05) is 13.7 Å². The Morgan fingerprint density at radius 1 is 1.08 bits per heavy atom. The number of methoxy groups -OCH3 is 1. The fourth-order valence-corrected chi connectivity index (χ4v) is 2.86. The first kappa shape index (κ1) is 19.8. The fraction of sp³-hybridized carbons (Fsp3) is 0.429. The molecule has 0 aliphatic rings. The van der Waals surface area contributed by atoms with Crippen molar-refractivity contribution in [2.24, 2.45) is 0 Å². The third-order valence-electron chi connectivity index (χ3n) is 4.40. The zero-order valence-electron chi connectivity index (χ0n) is 15.9. The highest BCUT2D eigenvalue weighted by molar-refractivity contribution is 5.87. The summed E-state index contributed by atoms with van der Waals surface area (Å²) in [6, 6.07) is 11.7. The van der Waals surface area contributed by atoms with Crippen LogP contribution in [0.15, 0.2) is 36.4 Å². The highest BCUT2D eigenvalue weighted by Crippen LogP contribution is 2.25. The predicted molar refractivity (Wildman–Crippen MR) is 102 cm³/mol. The van der Waals surface area contributed by atoms with Crippen LogP contribution in [-0.4, -0.2) is 31.6 Å². The summed E-state index contributed by atoms with van der Waals surface area (Å²) in [7, 11) is 1.63. The van der Waals surface area contributed by atoms with Crippen LogP contribution >= 0.6 is 0 Å². The Kier molecular flexibility index (Phi) is 7.01. The maximum Gasteiger partial charge on any atom is 0.313 e. The molecule has 2 aromatic rings. The summed E-state index contributed by atoms with van der Waals surface area (Å²) in [4.78, 5) is 24.1. The van der Waals surface area contributed by atoms with Gasteiger partial charge in [0.25, 0.3) is 5.91 Å². The van der Waals surface area contributed by atoms with Crippen LogP contribution in [0.1, 0.15) is 45.1 Å². The molecule has 0 fully saturated rings. The number of rotatable bonds is 8. The van der Waals surface area contributed by atoms with Gasteiger partial charge in [-0.05, 0) is 48.7 Å². The summed E-state index contributed by atoms with van der Waals surface area (Å²) < 4.78 is 10.4. The van der Waals surface area contributed by atoms with E-state index in [1.165, 1.54) is 0 Å². The van der Waals surface area contributed by atoms with Crippen molar-refractivity contribution >= 4 is 22.6 Å². The van der Waals surface area contributed by atoms with E-state index >= 15 is 0 Å². The van der Waals surface area contributed by atoms with E-state index in [-0.39, 0.29) is 18.6 Å². The molecule has 1 amide bonds. The molecule has 2 rings (SSSR count). The molecule has 2 atom stereocenters. The summed E-state index contributed by atoms with van der Waals surface area (Å²) in [5, 5.41) is 4.88. The average molecular weight is 357 g/mol. The number of hydrogen-bond acceptors (Lipinski definition) is 4. The first-order valence-electron chi connectivity index (χ1n) is 8.98. The van der Waals surface area contributed by atoms with Crippen molar-refractivity contribution in [2.45, 2.75) is 45.6 Å². The molecule has 0 aromatic heterocycles. The van der Waals surface area contributed by atoms with Crippen LogP contribution in [-0.2, 0) is 14.3 Å². The molecule has 0 unspecified atom stereocenters. The second kappa shape index (κ2) is 9.22. The Hall–Kier alpha value is -2.56. The molecular weight excluding hydrogens is 330 g/mol. The Morgan fingerprint density at radius 2 is 1.77 bits per heavy atom. The van der Waals surface area contributed by atoms with Gasteiger partial charge in [-0.15, -0.1) is 0 Å². The van der Waals surface area contributed by atoms with Gasteiger partial charge in [0.15, 0.2) is 6.61 Å². The molecule has 0 spiro atoms. The Morgan fingerprint density at radius 3 is 2.46 bits per heavy atom. The maximum atomic E-state index is 12.3. The number of nitrogens with one attached hydrogen (secondary N) is 1. The van der Waals surface area contributed by atoms with Crippen molar-refractivity contribution in [3.8, 4) is 5.75 Å². The SMILES string of the molecule is CCC[C@@H](C)NC(=O)COC(=O)[C@@H](C)c1ccc2cc(OC)ccc2c1. The summed E-state index contributed by atoms with van der Waals surface area (Å²) in [5.74, 6) is -0.323. The minimum absolute atomic E-state index is 0.0844. The van der Waals surface area contributed by atoms with Gasteiger partial charge in [0.2, 0.25) is 0 Å². The first-order chi connectivity index (χ1) is 12.4. The van der Waals surface area contributed by atoms with Crippen LogP contribution in [0.3, 0.4) is 0 Å². The normalized spacial score (nSPS) is 13.1. The maximum absolute atomic E-state index is 12.3. The number of carbonyl (C=O) groups is 2. The molecule has 0 saturated carbocycles. The van der Waals surface area contributed by atoms with Crippen molar-refractivity contribution in [3.63, 3.8) is 0 Å². The molecule has 0 heterocycles. The van der Waals surface area contributed by atoms with E-state index in [0.717, 1.165) is 34.9 Å².